The van der Waals surface area contributed by atoms with Crippen LogP contribution >= 0.6 is 22.7 Å². The van der Waals surface area contributed by atoms with Gasteiger partial charge in [0.1, 0.15) is 11.9 Å². The van der Waals surface area contributed by atoms with Gasteiger partial charge in [-0.15, -0.1) is 22.7 Å². The molecular weight excluding hydrogens is 326 g/mol. The first kappa shape index (κ1) is 15.1. The van der Waals surface area contributed by atoms with Gasteiger partial charge in [0.25, 0.3) is 0 Å². The Hall–Kier alpha value is -1.50. The lowest BCUT2D eigenvalue weighted by atomic mass is 10.1. The van der Waals surface area contributed by atoms with Crippen molar-refractivity contribution in [2.45, 2.75) is 32.4 Å². The van der Waals surface area contributed by atoms with Crippen molar-refractivity contribution in [3.63, 3.8) is 0 Å². The van der Waals surface area contributed by atoms with E-state index in [1.54, 1.807) is 22.7 Å². The molecule has 4 nitrogen and oxygen atoms in total. The number of thiazole rings is 1. The van der Waals surface area contributed by atoms with Crippen molar-refractivity contribution < 1.29 is 4.74 Å². The van der Waals surface area contributed by atoms with Crippen LogP contribution in [0.4, 0.5) is 0 Å². The second-order valence-electron chi connectivity index (χ2n) is 5.88. The van der Waals surface area contributed by atoms with E-state index in [-0.39, 0.29) is 0 Å². The number of fused-ring (bicyclic) bond motifs is 1. The van der Waals surface area contributed by atoms with E-state index in [0.29, 0.717) is 6.10 Å². The second-order valence-corrected chi connectivity index (χ2v) is 8.12. The molecule has 0 radical (unpaired) electrons. The highest BCUT2D eigenvalue weighted by atomic mass is 32.1. The minimum atomic E-state index is 0.308. The lowest BCUT2D eigenvalue weighted by Crippen LogP contribution is -2.37. The van der Waals surface area contributed by atoms with Crippen LogP contribution in [0.15, 0.2) is 29.9 Å². The molecule has 3 aromatic rings. The quantitative estimate of drug-likeness (QED) is 0.713. The number of aromatic nitrogens is 2. The zero-order valence-corrected chi connectivity index (χ0v) is 14.7. The van der Waals surface area contributed by atoms with Crippen LogP contribution in [0.1, 0.15) is 22.7 Å². The maximum absolute atomic E-state index is 6.26. The van der Waals surface area contributed by atoms with Crippen molar-refractivity contribution in [2.75, 3.05) is 13.1 Å². The van der Waals surface area contributed by atoms with Crippen LogP contribution in [0.2, 0.25) is 0 Å². The highest BCUT2D eigenvalue weighted by molar-refractivity contribution is 7.17. The number of pyridine rings is 1. The molecule has 0 saturated carbocycles. The molecule has 6 heteroatoms. The number of hydrogen-bond acceptors (Lipinski definition) is 6. The van der Waals surface area contributed by atoms with E-state index in [4.69, 9.17) is 4.74 Å². The molecule has 1 aliphatic heterocycles. The number of nitrogens with zero attached hydrogens (tertiary/aromatic N) is 3. The molecule has 0 N–H and O–H groups in total. The molecule has 4 heterocycles. The van der Waals surface area contributed by atoms with Gasteiger partial charge in [0.05, 0.1) is 15.2 Å². The topological polar surface area (TPSA) is 38.2 Å². The van der Waals surface area contributed by atoms with E-state index in [1.807, 2.05) is 24.5 Å². The summed E-state index contributed by atoms with van der Waals surface area (Å²) in [7, 11) is 0. The monoisotopic (exact) mass is 345 g/mol. The summed E-state index contributed by atoms with van der Waals surface area (Å²) >= 11 is 3.50. The normalized spacial score (nSPS) is 16.9. The molecule has 0 unspecified atom stereocenters. The average molecular weight is 345 g/mol. The number of aryl methyl sites for hydroxylation is 1. The van der Waals surface area contributed by atoms with Crippen molar-refractivity contribution in [1.82, 2.24) is 14.9 Å². The number of ether oxygens (including phenoxy) is 1. The Morgan fingerprint density at radius 2 is 2.13 bits per heavy atom. The third-order valence-electron chi connectivity index (χ3n) is 4.18. The van der Waals surface area contributed by atoms with Crippen LogP contribution in [-0.4, -0.2) is 34.1 Å². The van der Waals surface area contributed by atoms with E-state index >= 15 is 0 Å². The third-order valence-corrected chi connectivity index (χ3v) is 6.00. The van der Waals surface area contributed by atoms with Crippen LogP contribution in [-0.2, 0) is 6.54 Å². The number of rotatable bonds is 4. The van der Waals surface area contributed by atoms with Crippen LogP contribution in [0.25, 0.3) is 10.2 Å². The van der Waals surface area contributed by atoms with Gasteiger partial charge in [0.15, 0.2) is 0 Å². The van der Waals surface area contributed by atoms with Gasteiger partial charge < -0.3 is 4.74 Å². The van der Waals surface area contributed by atoms with Gasteiger partial charge in [0, 0.05) is 36.9 Å². The molecule has 1 fully saturated rings. The molecule has 3 aromatic heterocycles. The van der Waals surface area contributed by atoms with Gasteiger partial charge in [0.2, 0.25) is 0 Å². The zero-order chi connectivity index (χ0) is 15.6. The van der Waals surface area contributed by atoms with Crippen LogP contribution in [0.5, 0.6) is 5.75 Å². The Morgan fingerprint density at radius 1 is 1.26 bits per heavy atom. The average Bonchev–Trinajstić information content (AvgIpc) is 3.19. The first-order chi connectivity index (χ1) is 11.3. The predicted molar refractivity (Wildman–Crippen MR) is 95.4 cm³/mol. The summed E-state index contributed by atoms with van der Waals surface area (Å²) < 4.78 is 7.43. The van der Waals surface area contributed by atoms with E-state index in [0.717, 1.165) is 53.4 Å². The van der Waals surface area contributed by atoms with Crippen LogP contribution < -0.4 is 4.74 Å². The number of thiophene rings is 1. The van der Waals surface area contributed by atoms with Crippen molar-refractivity contribution in [3.05, 3.63) is 39.8 Å². The van der Waals surface area contributed by atoms with E-state index in [2.05, 4.69) is 27.2 Å². The summed E-state index contributed by atoms with van der Waals surface area (Å²) in [6, 6.07) is 4.04. The van der Waals surface area contributed by atoms with Gasteiger partial charge in [-0.05, 0) is 37.3 Å². The van der Waals surface area contributed by atoms with Crippen LogP contribution in [0, 0.1) is 6.92 Å². The molecule has 1 saturated heterocycles. The maximum Gasteiger partial charge on any atom is 0.140 e. The van der Waals surface area contributed by atoms with Gasteiger partial charge in [-0.1, -0.05) is 0 Å². The lowest BCUT2D eigenvalue weighted by molar-refractivity contribution is 0.0986. The molecule has 120 valence electrons. The van der Waals surface area contributed by atoms with E-state index < -0.39 is 0 Å². The summed E-state index contributed by atoms with van der Waals surface area (Å²) in [6.07, 6.45) is 6.31. The molecule has 23 heavy (non-hydrogen) atoms. The van der Waals surface area contributed by atoms with Crippen molar-refractivity contribution in [1.29, 1.82) is 0 Å². The standard InChI is InChI=1S/C17H19N3OS2/c1-12-19-10-14(23-12)11-20-7-3-13(4-8-20)21-16-2-6-18-15-5-9-22-17(15)16/h2,5-6,9-10,13H,3-4,7-8,11H2,1H3. The summed E-state index contributed by atoms with van der Waals surface area (Å²) in [5.74, 6) is 0.988. The number of likely N-dealkylation sites (tertiary alicyclic amines) is 1. The Morgan fingerprint density at radius 3 is 2.91 bits per heavy atom. The fraction of sp³-hybridized carbons (Fsp3) is 0.412. The molecule has 0 aromatic carbocycles. The molecule has 1 aliphatic rings. The molecular formula is C17H19N3OS2. The first-order valence-electron chi connectivity index (χ1n) is 7.90. The highest BCUT2D eigenvalue weighted by Gasteiger charge is 2.22. The third kappa shape index (κ3) is 3.39. The second kappa shape index (κ2) is 6.55. The van der Waals surface area contributed by atoms with Crippen molar-refractivity contribution >= 4 is 32.9 Å². The number of hydrogen-bond donors (Lipinski definition) is 0. The fourth-order valence-corrected chi connectivity index (χ4v) is 4.65. The lowest BCUT2D eigenvalue weighted by Gasteiger charge is -2.31. The first-order valence-corrected chi connectivity index (χ1v) is 9.60. The SMILES string of the molecule is Cc1ncc(CN2CCC(Oc3ccnc4ccsc34)CC2)s1. The Labute approximate surface area is 143 Å². The molecule has 0 bridgehead atoms. The minimum Gasteiger partial charge on any atom is -0.489 e. The van der Waals surface area contributed by atoms with Gasteiger partial charge in [-0.3, -0.25) is 9.88 Å². The summed E-state index contributed by atoms with van der Waals surface area (Å²) in [5, 5.41) is 3.22. The number of piperidine rings is 1. The Balaban J connectivity index is 1.35. The van der Waals surface area contributed by atoms with Crippen molar-refractivity contribution in [2.24, 2.45) is 0 Å². The smallest absolute Gasteiger partial charge is 0.140 e. The molecule has 4 rings (SSSR count). The van der Waals surface area contributed by atoms with E-state index in [1.165, 1.54) is 4.88 Å². The van der Waals surface area contributed by atoms with Gasteiger partial charge in [-0.25, -0.2) is 4.98 Å². The predicted octanol–water partition coefficient (Wildman–Crippen LogP) is 4.10. The molecule has 0 atom stereocenters. The minimum absolute atomic E-state index is 0.308. The Kier molecular flexibility index (Phi) is 4.29. The maximum atomic E-state index is 6.26. The Bertz CT molecular complexity index is 790. The van der Waals surface area contributed by atoms with Crippen molar-refractivity contribution in [3.8, 4) is 5.75 Å². The van der Waals surface area contributed by atoms with Crippen LogP contribution in [0.3, 0.4) is 0 Å². The molecule has 0 spiro atoms. The summed E-state index contributed by atoms with van der Waals surface area (Å²) in [5.41, 5.74) is 1.03. The largest absolute Gasteiger partial charge is 0.489 e. The molecule has 0 amide bonds. The summed E-state index contributed by atoms with van der Waals surface area (Å²) in [4.78, 5) is 12.6. The molecule has 0 aliphatic carbocycles. The van der Waals surface area contributed by atoms with Gasteiger partial charge in [-0.2, -0.15) is 0 Å². The highest BCUT2D eigenvalue weighted by Crippen LogP contribution is 2.31. The van der Waals surface area contributed by atoms with Gasteiger partial charge >= 0.3 is 0 Å². The van der Waals surface area contributed by atoms with E-state index in [9.17, 15) is 0 Å². The summed E-state index contributed by atoms with van der Waals surface area (Å²) in [6.45, 7) is 5.25. The zero-order valence-electron chi connectivity index (χ0n) is 13.1. The fourth-order valence-electron chi connectivity index (χ4n) is 3.01.